The Balaban J connectivity index is 1.53. The molecule has 8 heteroatoms. The highest BCUT2D eigenvalue weighted by atomic mass is 19.1. The fraction of sp³-hybridized carbons (Fsp3) is 0.174. The number of para-hydroxylation sites is 1. The highest BCUT2D eigenvalue weighted by Gasteiger charge is 2.17. The maximum absolute atomic E-state index is 15.0. The normalized spacial score (nSPS) is 14.0. The molecular formula is C23H20FN5O2. The summed E-state index contributed by atoms with van der Waals surface area (Å²) in [6, 6.07) is 17.6. The van der Waals surface area contributed by atoms with E-state index >= 15 is 0 Å². The van der Waals surface area contributed by atoms with Gasteiger partial charge in [0.2, 0.25) is 5.43 Å². The van der Waals surface area contributed by atoms with Gasteiger partial charge in [-0.25, -0.2) is 13.8 Å². The summed E-state index contributed by atoms with van der Waals surface area (Å²) in [6.45, 7) is 2.71. The quantitative estimate of drug-likeness (QED) is 0.511. The molecule has 31 heavy (non-hydrogen) atoms. The Kier molecular flexibility index (Phi) is 5.05. The minimum atomic E-state index is -0.414. The van der Waals surface area contributed by atoms with Crippen LogP contribution >= 0.6 is 0 Å². The van der Waals surface area contributed by atoms with E-state index in [0.29, 0.717) is 18.9 Å². The summed E-state index contributed by atoms with van der Waals surface area (Å²) in [5.74, 6) is -0.414. The number of morpholine rings is 1. The summed E-state index contributed by atoms with van der Waals surface area (Å²) in [7, 11) is 0. The minimum absolute atomic E-state index is 0.195. The van der Waals surface area contributed by atoms with Crippen LogP contribution in [-0.2, 0) is 4.74 Å². The van der Waals surface area contributed by atoms with Crippen molar-refractivity contribution >= 4 is 5.69 Å². The van der Waals surface area contributed by atoms with Gasteiger partial charge in [0.05, 0.1) is 30.8 Å². The average Bonchev–Trinajstić information content (AvgIpc) is 3.30. The molecule has 0 atom stereocenters. The van der Waals surface area contributed by atoms with Gasteiger partial charge in [-0.3, -0.25) is 4.79 Å². The zero-order chi connectivity index (χ0) is 21.2. The Bertz CT molecular complexity index is 1260. The maximum Gasteiger partial charge on any atom is 0.209 e. The second-order valence-corrected chi connectivity index (χ2v) is 7.17. The molecule has 0 radical (unpaired) electrons. The van der Waals surface area contributed by atoms with E-state index < -0.39 is 5.82 Å². The number of aromatic nitrogens is 4. The predicted molar refractivity (Wildman–Crippen MR) is 115 cm³/mol. The number of halogens is 1. The lowest BCUT2D eigenvalue weighted by atomic mass is 10.2. The van der Waals surface area contributed by atoms with Crippen molar-refractivity contribution in [2.75, 3.05) is 31.2 Å². The Morgan fingerprint density at radius 1 is 0.935 bits per heavy atom. The van der Waals surface area contributed by atoms with Crippen molar-refractivity contribution in [2.24, 2.45) is 0 Å². The van der Waals surface area contributed by atoms with Crippen LogP contribution in [0.25, 0.3) is 22.8 Å². The molecule has 0 bridgehead atoms. The van der Waals surface area contributed by atoms with Crippen molar-refractivity contribution in [2.45, 2.75) is 0 Å². The summed E-state index contributed by atoms with van der Waals surface area (Å²) < 4.78 is 23.4. The first-order valence-corrected chi connectivity index (χ1v) is 10.0. The van der Waals surface area contributed by atoms with Gasteiger partial charge >= 0.3 is 0 Å². The second kappa shape index (κ2) is 8.16. The van der Waals surface area contributed by atoms with Crippen molar-refractivity contribution < 1.29 is 9.13 Å². The lowest BCUT2D eigenvalue weighted by molar-refractivity contribution is 0.122. The van der Waals surface area contributed by atoms with E-state index in [2.05, 4.69) is 15.1 Å². The number of rotatable bonds is 4. The third-order valence-corrected chi connectivity index (χ3v) is 5.25. The fourth-order valence-corrected chi connectivity index (χ4v) is 3.68. The van der Waals surface area contributed by atoms with Crippen molar-refractivity contribution in [1.29, 1.82) is 0 Å². The van der Waals surface area contributed by atoms with E-state index in [0.717, 1.165) is 24.5 Å². The van der Waals surface area contributed by atoms with E-state index in [4.69, 9.17) is 4.74 Å². The molecule has 0 N–H and O–H groups in total. The molecule has 2 aromatic heterocycles. The first-order valence-electron chi connectivity index (χ1n) is 10.0. The fourth-order valence-electron chi connectivity index (χ4n) is 3.68. The summed E-state index contributed by atoms with van der Waals surface area (Å²) in [6.07, 6.45) is 3.08. The third-order valence-electron chi connectivity index (χ3n) is 5.25. The number of hydrogen-bond acceptors (Lipinski definition) is 5. The van der Waals surface area contributed by atoms with Crippen LogP contribution in [0.4, 0.5) is 10.1 Å². The zero-order valence-electron chi connectivity index (χ0n) is 16.7. The SMILES string of the molecule is O=c1ccn(-c2ccc(N3CCOCC3)cc2F)nc1-c1ccnn1-c1ccccc1. The van der Waals surface area contributed by atoms with Crippen molar-refractivity contribution in [3.63, 3.8) is 0 Å². The Hall–Kier alpha value is -3.78. The lowest BCUT2D eigenvalue weighted by Gasteiger charge is -2.29. The largest absolute Gasteiger partial charge is 0.378 e. The van der Waals surface area contributed by atoms with E-state index in [-0.39, 0.29) is 16.8 Å². The minimum Gasteiger partial charge on any atom is -0.378 e. The van der Waals surface area contributed by atoms with Crippen LogP contribution in [-0.4, -0.2) is 45.9 Å². The van der Waals surface area contributed by atoms with E-state index in [1.165, 1.54) is 23.0 Å². The molecule has 0 aliphatic carbocycles. The molecule has 4 aromatic rings. The Labute approximate surface area is 177 Å². The first kappa shape index (κ1) is 19.2. The second-order valence-electron chi connectivity index (χ2n) is 7.17. The summed E-state index contributed by atoms with van der Waals surface area (Å²) in [5.41, 5.74) is 2.34. The predicted octanol–water partition coefficient (Wildman–Crippen LogP) is 3.06. The van der Waals surface area contributed by atoms with Gasteiger partial charge in [0.25, 0.3) is 0 Å². The van der Waals surface area contributed by atoms with Gasteiger partial charge in [-0.2, -0.15) is 10.2 Å². The van der Waals surface area contributed by atoms with E-state index in [9.17, 15) is 9.18 Å². The summed E-state index contributed by atoms with van der Waals surface area (Å²) >= 11 is 0. The smallest absolute Gasteiger partial charge is 0.209 e. The maximum atomic E-state index is 15.0. The molecule has 1 fully saturated rings. The van der Waals surface area contributed by atoms with Gasteiger partial charge in [0.1, 0.15) is 5.69 Å². The standard InChI is InChI=1S/C23H20FN5O2/c24-19-16-18(27-12-14-31-15-13-27)6-7-20(19)28-11-9-22(30)23(26-28)21-8-10-25-29(21)17-4-2-1-3-5-17/h1-11,16H,12-15H2. The molecule has 1 aliphatic heterocycles. The van der Waals surface area contributed by atoms with Crippen LogP contribution in [0, 0.1) is 5.82 Å². The van der Waals surface area contributed by atoms with Gasteiger partial charge < -0.3 is 9.64 Å². The van der Waals surface area contributed by atoms with Gasteiger partial charge in [-0.05, 0) is 36.4 Å². The number of benzene rings is 2. The molecule has 0 saturated carbocycles. The molecule has 0 spiro atoms. The molecule has 1 aliphatic rings. The van der Waals surface area contributed by atoms with E-state index in [1.54, 1.807) is 23.0 Å². The molecule has 0 unspecified atom stereocenters. The van der Waals surface area contributed by atoms with Crippen molar-refractivity contribution in [3.05, 3.63) is 89.1 Å². The van der Waals surface area contributed by atoms with Crippen molar-refractivity contribution in [3.8, 4) is 22.8 Å². The lowest BCUT2D eigenvalue weighted by Crippen LogP contribution is -2.36. The Morgan fingerprint density at radius 2 is 1.74 bits per heavy atom. The Morgan fingerprint density at radius 3 is 2.52 bits per heavy atom. The van der Waals surface area contributed by atoms with Crippen LogP contribution < -0.4 is 10.3 Å². The highest BCUT2D eigenvalue weighted by molar-refractivity contribution is 5.58. The summed E-state index contributed by atoms with van der Waals surface area (Å²) in [5, 5.41) is 8.77. The number of anilines is 1. The molecule has 1 saturated heterocycles. The molecule has 156 valence electrons. The number of hydrogen-bond donors (Lipinski definition) is 0. The molecule has 0 amide bonds. The molecule has 7 nitrogen and oxygen atoms in total. The van der Waals surface area contributed by atoms with Gasteiger partial charge in [0.15, 0.2) is 11.5 Å². The summed E-state index contributed by atoms with van der Waals surface area (Å²) in [4.78, 5) is 14.7. The average molecular weight is 417 g/mol. The van der Waals surface area contributed by atoms with Gasteiger partial charge in [-0.15, -0.1) is 0 Å². The van der Waals surface area contributed by atoms with Crippen LogP contribution in [0.2, 0.25) is 0 Å². The topological polar surface area (TPSA) is 65.2 Å². The van der Waals surface area contributed by atoms with Crippen LogP contribution in [0.3, 0.4) is 0 Å². The van der Waals surface area contributed by atoms with Crippen LogP contribution in [0.5, 0.6) is 0 Å². The van der Waals surface area contributed by atoms with Crippen LogP contribution in [0.15, 0.2) is 77.9 Å². The molecule has 3 heterocycles. The van der Waals surface area contributed by atoms with Gasteiger partial charge in [0, 0.05) is 31.0 Å². The molecule has 5 rings (SSSR count). The first-order chi connectivity index (χ1) is 15.2. The number of nitrogens with zero attached hydrogens (tertiary/aromatic N) is 5. The monoisotopic (exact) mass is 417 g/mol. The highest BCUT2D eigenvalue weighted by Crippen LogP contribution is 2.23. The zero-order valence-corrected chi connectivity index (χ0v) is 16.7. The van der Waals surface area contributed by atoms with Crippen molar-refractivity contribution in [1.82, 2.24) is 19.6 Å². The third kappa shape index (κ3) is 3.73. The molecule has 2 aromatic carbocycles. The van der Waals surface area contributed by atoms with Crippen LogP contribution in [0.1, 0.15) is 0 Å². The van der Waals surface area contributed by atoms with E-state index in [1.807, 2.05) is 36.4 Å². The number of ether oxygens (including phenoxy) is 1. The molecular weight excluding hydrogens is 397 g/mol. The van der Waals surface area contributed by atoms with Gasteiger partial charge in [-0.1, -0.05) is 18.2 Å².